The molecule has 0 aliphatic heterocycles. The molecule has 2 aromatic heterocycles. The second-order valence-corrected chi connectivity index (χ2v) is 3.87. The number of nitrogens with two attached hydrogens (primary N) is 1. The maximum Gasteiger partial charge on any atom is 0.240 e. The first-order valence-corrected chi connectivity index (χ1v) is 4.96. The number of nitrogen functional groups attached to an aromatic ring is 1. The van der Waals surface area contributed by atoms with Crippen molar-refractivity contribution in [3.63, 3.8) is 0 Å². The molecule has 5 heteroatoms. The van der Waals surface area contributed by atoms with Crippen LogP contribution in [0.2, 0.25) is 0 Å². The number of aryl methyl sites for hydroxylation is 1. The van der Waals surface area contributed by atoms with Gasteiger partial charge < -0.3 is 11.1 Å². The summed E-state index contributed by atoms with van der Waals surface area (Å²) in [6.07, 6.45) is 0. The minimum atomic E-state index is 0.305. The summed E-state index contributed by atoms with van der Waals surface area (Å²) in [5, 5.41) is 7.47. The van der Waals surface area contributed by atoms with Crippen molar-refractivity contribution in [3.05, 3.63) is 17.8 Å². The molecule has 80 valence electrons. The summed E-state index contributed by atoms with van der Waals surface area (Å²) in [5.74, 6) is 0.305. The molecule has 0 atom stereocenters. The van der Waals surface area contributed by atoms with Crippen LogP contribution in [0.4, 0.5) is 11.6 Å². The molecule has 5 nitrogen and oxygen atoms in total. The third kappa shape index (κ3) is 1.72. The lowest BCUT2D eigenvalue weighted by Gasteiger charge is -2.12. The first kappa shape index (κ1) is 9.76. The summed E-state index contributed by atoms with van der Waals surface area (Å²) in [4.78, 5) is 4.10. The third-order valence-corrected chi connectivity index (χ3v) is 2.20. The first-order valence-electron chi connectivity index (χ1n) is 4.96. The molecular formula is C10H15N5. The van der Waals surface area contributed by atoms with Crippen LogP contribution in [0.15, 0.2) is 12.1 Å². The van der Waals surface area contributed by atoms with E-state index in [0.717, 1.165) is 17.0 Å². The van der Waals surface area contributed by atoms with Gasteiger partial charge in [-0.25, -0.2) is 4.52 Å². The largest absolute Gasteiger partial charge is 0.381 e. The summed E-state index contributed by atoms with van der Waals surface area (Å²) in [7, 11) is 0. The van der Waals surface area contributed by atoms with Crippen LogP contribution in [-0.4, -0.2) is 20.6 Å². The fourth-order valence-corrected chi connectivity index (χ4v) is 1.55. The highest BCUT2D eigenvalue weighted by molar-refractivity contribution is 5.56. The van der Waals surface area contributed by atoms with Gasteiger partial charge in [0.05, 0.1) is 11.4 Å². The summed E-state index contributed by atoms with van der Waals surface area (Å²) in [5.41, 5.74) is 8.40. The van der Waals surface area contributed by atoms with Gasteiger partial charge >= 0.3 is 0 Å². The van der Waals surface area contributed by atoms with E-state index in [1.165, 1.54) is 0 Å². The fraction of sp³-hybridized carbons (Fsp3) is 0.400. The van der Waals surface area contributed by atoms with E-state index in [0.29, 0.717) is 12.0 Å². The molecule has 0 saturated carbocycles. The Morgan fingerprint density at radius 1 is 1.40 bits per heavy atom. The summed E-state index contributed by atoms with van der Waals surface area (Å²) < 4.78 is 1.75. The quantitative estimate of drug-likeness (QED) is 0.778. The minimum Gasteiger partial charge on any atom is -0.381 e. The zero-order chi connectivity index (χ0) is 11.0. The van der Waals surface area contributed by atoms with Crippen LogP contribution < -0.4 is 11.1 Å². The van der Waals surface area contributed by atoms with Gasteiger partial charge in [-0.2, -0.15) is 4.98 Å². The maximum absolute atomic E-state index is 5.55. The molecule has 0 aliphatic rings. The zero-order valence-corrected chi connectivity index (χ0v) is 9.15. The molecule has 15 heavy (non-hydrogen) atoms. The lowest BCUT2D eigenvalue weighted by molar-refractivity contribution is 0.872. The van der Waals surface area contributed by atoms with Crippen LogP contribution in [0.25, 0.3) is 5.65 Å². The summed E-state index contributed by atoms with van der Waals surface area (Å²) >= 11 is 0. The van der Waals surface area contributed by atoms with Gasteiger partial charge in [-0.1, -0.05) is 0 Å². The Balaban J connectivity index is 2.54. The number of nitrogens with one attached hydrogen (secondary N) is 1. The Hall–Kier alpha value is -1.78. The molecule has 2 rings (SSSR count). The van der Waals surface area contributed by atoms with E-state index in [9.17, 15) is 0 Å². The molecule has 0 bridgehead atoms. The van der Waals surface area contributed by atoms with Gasteiger partial charge in [-0.3, -0.25) is 0 Å². The predicted molar refractivity (Wildman–Crippen MR) is 60.9 cm³/mol. The zero-order valence-electron chi connectivity index (χ0n) is 9.15. The van der Waals surface area contributed by atoms with Crippen LogP contribution >= 0.6 is 0 Å². The van der Waals surface area contributed by atoms with Crippen molar-refractivity contribution in [1.82, 2.24) is 14.6 Å². The van der Waals surface area contributed by atoms with Crippen molar-refractivity contribution in [1.29, 1.82) is 0 Å². The highest BCUT2D eigenvalue weighted by Gasteiger charge is 2.07. The minimum absolute atomic E-state index is 0.305. The van der Waals surface area contributed by atoms with E-state index in [4.69, 9.17) is 5.73 Å². The van der Waals surface area contributed by atoms with Crippen molar-refractivity contribution in [3.8, 4) is 0 Å². The molecule has 0 saturated heterocycles. The standard InChI is InChI=1S/C10H15N5/c1-6(2)12-8-4-5-9-13-10(11)14-15(9)7(8)3/h4-6,12H,1-3H3,(H2,11,14). The molecule has 2 heterocycles. The second-order valence-electron chi connectivity index (χ2n) is 3.87. The number of hydrogen-bond acceptors (Lipinski definition) is 4. The molecule has 0 aromatic carbocycles. The molecular weight excluding hydrogens is 190 g/mol. The van der Waals surface area contributed by atoms with E-state index in [1.54, 1.807) is 4.52 Å². The molecule has 0 fully saturated rings. The van der Waals surface area contributed by atoms with Crippen LogP contribution in [0.3, 0.4) is 0 Å². The molecule has 3 N–H and O–H groups in total. The van der Waals surface area contributed by atoms with Gasteiger partial charge in [-0.15, -0.1) is 5.10 Å². The Morgan fingerprint density at radius 2 is 2.13 bits per heavy atom. The SMILES string of the molecule is Cc1c(NC(C)C)ccc2nc(N)nn12. The predicted octanol–water partition coefficient (Wildman–Crippen LogP) is 1.44. The van der Waals surface area contributed by atoms with Crippen LogP contribution in [0, 0.1) is 6.92 Å². The summed E-state index contributed by atoms with van der Waals surface area (Å²) in [6.45, 7) is 6.19. The number of hydrogen-bond donors (Lipinski definition) is 2. The van der Waals surface area contributed by atoms with E-state index in [2.05, 4.69) is 29.2 Å². The third-order valence-electron chi connectivity index (χ3n) is 2.20. The van der Waals surface area contributed by atoms with Crippen molar-refractivity contribution in [2.45, 2.75) is 26.8 Å². The molecule has 0 radical (unpaired) electrons. The highest BCUT2D eigenvalue weighted by Crippen LogP contribution is 2.17. The maximum atomic E-state index is 5.55. The van der Waals surface area contributed by atoms with Gasteiger partial charge in [0.15, 0.2) is 5.65 Å². The Labute approximate surface area is 88.3 Å². The number of rotatable bonds is 2. The van der Waals surface area contributed by atoms with Gasteiger partial charge in [0.1, 0.15) is 0 Å². The van der Waals surface area contributed by atoms with Crippen molar-refractivity contribution >= 4 is 17.3 Å². The van der Waals surface area contributed by atoms with E-state index in [-0.39, 0.29) is 0 Å². The summed E-state index contributed by atoms with van der Waals surface area (Å²) in [6, 6.07) is 4.29. The average molecular weight is 205 g/mol. The van der Waals surface area contributed by atoms with E-state index in [1.807, 2.05) is 19.1 Å². The number of pyridine rings is 1. The normalized spacial score (nSPS) is 11.2. The molecule has 2 aromatic rings. The highest BCUT2D eigenvalue weighted by atomic mass is 15.3. The van der Waals surface area contributed by atoms with Crippen LogP contribution in [0.5, 0.6) is 0 Å². The van der Waals surface area contributed by atoms with Gasteiger partial charge in [0.2, 0.25) is 5.95 Å². The number of anilines is 2. The van der Waals surface area contributed by atoms with Gasteiger partial charge in [0, 0.05) is 6.04 Å². The van der Waals surface area contributed by atoms with Crippen molar-refractivity contribution < 1.29 is 0 Å². The van der Waals surface area contributed by atoms with Gasteiger partial charge in [-0.05, 0) is 32.9 Å². The first-order chi connectivity index (χ1) is 7.08. The monoisotopic (exact) mass is 205 g/mol. The fourth-order valence-electron chi connectivity index (χ4n) is 1.55. The average Bonchev–Trinajstić information content (AvgIpc) is 2.51. The molecule has 0 amide bonds. The lowest BCUT2D eigenvalue weighted by atomic mass is 10.2. The second kappa shape index (κ2) is 3.42. The van der Waals surface area contributed by atoms with E-state index >= 15 is 0 Å². The smallest absolute Gasteiger partial charge is 0.240 e. The molecule has 0 unspecified atom stereocenters. The van der Waals surface area contributed by atoms with E-state index < -0.39 is 0 Å². The Bertz CT molecular complexity index is 486. The number of fused-ring (bicyclic) bond motifs is 1. The van der Waals surface area contributed by atoms with Gasteiger partial charge in [0.25, 0.3) is 0 Å². The van der Waals surface area contributed by atoms with Crippen LogP contribution in [0.1, 0.15) is 19.5 Å². The van der Waals surface area contributed by atoms with Crippen LogP contribution in [-0.2, 0) is 0 Å². The lowest BCUT2D eigenvalue weighted by Crippen LogP contribution is -2.12. The Kier molecular flexibility index (Phi) is 2.22. The molecule has 0 aliphatic carbocycles. The van der Waals surface area contributed by atoms with Crippen molar-refractivity contribution in [2.24, 2.45) is 0 Å². The number of nitrogens with zero attached hydrogens (tertiary/aromatic N) is 3. The Morgan fingerprint density at radius 3 is 2.80 bits per heavy atom. The molecule has 0 spiro atoms. The topological polar surface area (TPSA) is 68.2 Å². The number of aromatic nitrogens is 3. The van der Waals surface area contributed by atoms with Crippen molar-refractivity contribution in [2.75, 3.05) is 11.1 Å².